The van der Waals surface area contributed by atoms with Crippen molar-refractivity contribution in [2.75, 3.05) is 26.3 Å². The fraction of sp³-hybridized carbons (Fsp3) is 1.00. The number of hydrogen-bond acceptors (Lipinski definition) is 5. The molecule has 1 aliphatic heterocycles. The van der Waals surface area contributed by atoms with E-state index in [2.05, 4.69) is 0 Å². The molecule has 2 atom stereocenters. The van der Waals surface area contributed by atoms with Gasteiger partial charge in [0.15, 0.2) is 0 Å². The second kappa shape index (κ2) is 7.14. The Morgan fingerprint density at radius 1 is 1.21 bits per heavy atom. The molecule has 0 radical (unpaired) electrons. The first-order valence-electron chi connectivity index (χ1n) is 5.15. The van der Waals surface area contributed by atoms with E-state index in [1.54, 1.807) is 0 Å². The number of hydrogen-bond donors (Lipinski definition) is 2. The summed E-state index contributed by atoms with van der Waals surface area (Å²) in [6.45, 7) is 1.89. The van der Waals surface area contributed by atoms with Crippen LogP contribution < -0.4 is 11.5 Å². The lowest BCUT2D eigenvalue weighted by molar-refractivity contribution is -0.236. The van der Waals surface area contributed by atoms with Crippen LogP contribution >= 0.6 is 0 Å². The Bertz CT molecular complexity index is 146. The minimum Gasteiger partial charge on any atom is -0.330 e. The Balaban J connectivity index is 1.92. The van der Waals surface area contributed by atoms with E-state index in [9.17, 15) is 0 Å². The maximum absolute atomic E-state index is 5.42. The monoisotopic (exact) mass is 204 g/mol. The Morgan fingerprint density at radius 3 is 2.71 bits per heavy atom. The molecule has 0 aliphatic carbocycles. The van der Waals surface area contributed by atoms with Gasteiger partial charge in [0, 0.05) is 6.54 Å². The second-order valence-corrected chi connectivity index (χ2v) is 3.34. The summed E-state index contributed by atoms with van der Waals surface area (Å²) in [4.78, 5) is 0. The molecule has 84 valence electrons. The summed E-state index contributed by atoms with van der Waals surface area (Å²) < 4.78 is 15.9. The summed E-state index contributed by atoms with van der Waals surface area (Å²) in [5.74, 6) is 0. The van der Waals surface area contributed by atoms with E-state index in [0.717, 1.165) is 25.8 Å². The molecular formula is C9H20N2O3. The molecule has 1 heterocycles. The molecule has 0 spiro atoms. The van der Waals surface area contributed by atoms with E-state index in [-0.39, 0.29) is 6.10 Å². The summed E-state index contributed by atoms with van der Waals surface area (Å²) in [6.07, 6.45) is 3.11. The van der Waals surface area contributed by atoms with Gasteiger partial charge in [0.25, 0.3) is 6.48 Å². The minimum atomic E-state index is -0.513. The summed E-state index contributed by atoms with van der Waals surface area (Å²) in [6, 6.07) is 0. The molecule has 0 bridgehead atoms. The van der Waals surface area contributed by atoms with Crippen LogP contribution in [0.1, 0.15) is 19.3 Å². The minimum absolute atomic E-state index is 0.0101. The highest BCUT2D eigenvalue weighted by atomic mass is 16.9. The molecule has 1 rings (SSSR count). The van der Waals surface area contributed by atoms with Crippen LogP contribution in [0.25, 0.3) is 0 Å². The number of ether oxygens (including phenoxy) is 3. The highest BCUT2D eigenvalue weighted by Crippen LogP contribution is 2.12. The van der Waals surface area contributed by atoms with Gasteiger partial charge in [-0.2, -0.15) is 0 Å². The van der Waals surface area contributed by atoms with Gasteiger partial charge >= 0.3 is 0 Å². The van der Waals surface area contributed by atoms with Crippen molar-refractivity contribution in [2.45, 2.75) is 31.8 Å². The molecule has 14 heavy (non-hydrogen) atoms. The first-order chi connectivity index (χ1) is 6.86. The molecule has 1 aliphatic rings. The van der Waals surface area contributed by atoms with Crippen LogP contribution in [-0.4, -0.2) is 38.9 Å². The van der Waals surface area contributed by atoms with Crippen LogP contribution in [0.15, 0.2) is 0 Å². The Labute approximate surface area is 84.7 Å². The molecule has 0 saturated carbocycles. The number of nitrogens with two attached hydrogens (primary N) is 2. The van der Waals surface area contributed by atoms with Crippen molar-refractivity contribution < 1.29 is 14.2 Å². The molecule has 1 fully saturated rings. The largest absolute Gasteiger partial charge is 0.330 e. The molecule has 0 aromatic heterocycles. The fourth-order valence-corrected chi connectivity index (χ4v) is 1.24. The van der Waals surface area contributed by atoms with Crippen LogP contribution in [0.5, 0.6) is 0 Å². The first-order valence-corrected chi connectivity index (χ1v) is 5.15. The maximum atomic E-state index is 5.42. The lowest BCUT2D eigenvalue weighted by Crippen LogP contribution is -2.23. The lowest BCUT2D eigenvalue weighted by Gasteiger charge is -2.10. The summed E-state index contributed by atoms with van der Waals surface area (Å²) in [5.41, 5.74) is 10.8. The van der Waals surface area contributed by atoms with Crippen molar-refractivity contribution in [1.29, 1.82) is 0 Å². The zero-order valence-electron chi connectivity index (χ0n) is 8.48. The second-order valence-electron chi connectivity index (χ2n) is 3.34. The van der Waals surface area contributed by atoms with Gasteiger partial charge in [0.05, 0.1) is 19.3 Å². The van der Waals surface area contributed by atoms with Crippen molar-refractivity contribution in [3.8, 4) is 0 Å². The van der Waals surface area contributed by atoms with Gasteiger partial charge in [0.2, 0.25) is 0 Å². The molecular weight excluding hydrogens is 184 g/mol. The van der Waals surface area contributed by atoms with Crippen LogP contribution in [0, 0.1) is 0 Å². The third-order valence-corrected chi connectivity index (χ3v) is 2.09. The van der Waals surface area contributed by atoms with E-state index in [4.69, 9.17) is 25.7 Å². The molecule has 5 nitrogen and oxygen atoms in total. The third kappa shape index (κ3) is 4.34. The highest BCUT2D eigenvalue weighted by Gasteiger charge is 2.24. The van der Waals surface area contributed by atoms with Gasteiger partial charge < -0.3 is 25.7 Å². The number of unbranched alkanes of at least 4 members (excludes halogenated alkanes) is 2. The molecule has 4 N–H and O–H groups in total. The topological polar surface area (TPSA) is 79.7 Å². The Kier molecular flexibility index (Phi) is 6.05. The van der Waals surface area contributed by atoms with Gasteiger partial charge in [0.1, 0.15) is 0 Å². The standard InChI is InChI=1S/C9H20N2O3/c10-4-2-1-3-5-12-9-13-7-8(6-11)14-9/h8-9H,1-7,10-11H2. The molecule has 0 aromatic carbocycles. The van der Waals surface area contributed by atoms with Gasteiger partial charge in [-0.1, -0.05) is 0 Å². The van der Waals surface area contributed by atoms with E-state index in [1.807, 2.05) is 0 Å². The first kappa shape index (κ1) is 11.9. The summed E-state index contributed by atoms with van der Waals surface area (Å²) >= 11 is 0. The van der Waals surface area contributed by atoms with Crippen LogP contribution in [0.2, 0.25) is 0 Å². The maximum Gasteiger partial charge on any atom is 0.272 e. The van der Waals surface area contributed by atoms with Gasteiger partial charge in [-0.05, 0) is 25.8 Å². The average Bonchev–Trinajstić information content (AvgIpc) is 2.65. The van der Waals surface area contributed by atoms with Crippen molar-refractivity contribution in [3.05, 3.63) is 0 Å². The van der Waals surface area contributed by atoms with E-state index < -0.39 is 6.48 Å². The third-order valence-electron chi connectivity index (χ3n) is 2.09. The molecule has 1 saturated heterocycles. The van der Waals surface area contributed by atoms with Gasteiger partial charge in [-0.25, -0.2) is 0 Å². The Hall–Kier alpha value is -0.200. The van der Waals surface area contributed by atoms with Crippen molar-refractivity contribution in [3.63, 3.8) is 0 Å². The molecule has 0 aromatic rings. The normalized spacial score (nSPS) is 27.0. The molecule has 2 unspecified atom stereocenters. The zero-order valence-corrected chi connectivity index (χ0v) is 8.48. The fourth-order valence-electron chi connectivity index (χ4n) is 1.24. The predicted molar refractivity (Wildman–Crippen MR) is 52.5 cm³/mol. The number of rotatable bonds is 7. The summed E-state index contributed by atoms with van der Waals surface area (Å²) in [5, 5.41) is 0. The quantitative estimate of drug-likeness (QED) is 0.561. The van der Waals surface area contributed by atoms with Crippen molar-refractivity contribution in [2.24, 2.45) is 11.5 Å². The average molecular weight is 204 g/mol. The van der Waals surface area contributed by atoms with E-state index in [0.29, 0.717) is 19.8 Å². The van der Waals surface area contributed by atoms with Gasteiger partial charge in [-0.3, -0.25) is 0 Å². The van der Waals surface area contributed by atoms with E-state index in [1.165, 1.54) is 0 Å². The van der Waals surface area contributed by atoms with Crippen molar-refractivity contribution in [1.82, 2.24) is 0 Å². The van der Waals surface area contributed by atoms with E-state index >= 15 is 0 Å². The highest BCUT2D eigenvalue weighted by molar-refractivity contribution is 4.61. The molecule has 5 heteroatoms. The smallest absolute Gasteiger partial charge is 0.272 e. The van der Waals surface area contributed by atoms with Crippen LogP contribution in [0.4, 0.5) is 0 Å². The summed E-state index contributed by atoms with van der Waals surface area (Å²) in [7, 11) is 0. The lowest BCUT2D eigenvalue weighted by atomic mass is 10.2. The van der Waals surface area contributed by atoms with Crippen LogP contribution in [-0.2, 0) is 14.2 Å². The van der Waals surface area contributed by atoms with Crippen LogP contribution in [0.3, 0.4) is 0 Å². The Morgan fingerprint density at radius 2 is 2.07 bits per heavy atom. The molecule has 0 amide bonds. The van der Waals surface area contributed by atoms with Gasteiger partial charge in [-0.15, -0.1) is 0 Å². The predicted octanol–water partition coefficient (Wildman–Crippen LogP) is -0.210. The zero-order chi connectivity index (χ0) is 10.2. The SMILES string of the molecule is NCCCCCOC1OCC(CN)O1. The van der Waals surface area contributed by atoms with Crippen molar-refractivity contribution >= 4 is 0 Å².